The van der Waals surface area contributed by atoms with E-state index in [9.17, 15) is 24.3 Å². The highest BCUT2D eigenvalue weighted by molar-refractivity contribution is 5.79. The molecule has 0 bridgehead atoms. The number of aliphatic carboxylic acids is 1. The Hall–Kier alpha value is -3.14. The number of ether oxygens (including phenoxy) is 4. The van der Waals surface area contributed by atoms with Gasteiger partial charge in [0.1, 0.15) is 18.2 Å². The first kappa shape index (κ1) is 34.1. The van der Waals surface area contributed by atoms with E-state index in [-0.39, 0.29) is 35.9 Å². The van der Waals surface area contributed by atoms with Gasteiger partial charge in [-0.2, -0.15) is 0 Å². The maximum absolute atomic E-state index is 12.9. The molecule has 0 radical (unpaired) electrons. The zero-order valence-electron chi connectivity index (χ0n) is 25.4. The summed E-state index contributed by atoms with van der Waals surface area (Å²) in [6.45, 7) is 12.7. The van der Waals surface area contributed by atoms with Crippen molar-refractivity contribution in [3.05, 3.63) is 23.8 Å². The molecule has 10 heteroatoms. The van der Waals surface area contributed by atoms with E-state index >= 15 is 0 Å². The standard InChI is InChI=1S/C31H47NO9/c1-17(2)20(6)29(35)40-25-14-13-22(16-26(25)41-30(36)21(7)18(3)4)24(27(32)28(33)34)15-19(5)38-31(37)39-23-11-9-8-10-12-23/h13-14,16-21,23-24,27H,8-12,15,32H2,1-7H3,(H,33,34)/t19?,20?,21?,24?,27-/m0/s1. The molecule has 4 unspecified atom stereocenters. The van der Waals surface area contributed by atoms with E-state index in [1.807, 2.05) is 27.7 Å². The van der Waals surface area contributed by atoms with E-state index in [4.69, 9.17) is 24.7 Å². The lowest BCUT2D eigenvalue weighted by Crippen LogP contribution is -2.38. The molecule has 0 heterocycles. The van der Waals surface area contributed by atoms with Crippen LogP contribution in [0.25, 0.3) is 0 Å². The second-order valence-electron chi connectivity index (χ2n) is 11.9. The molecule has 2 rings (SSSR count). The number of carbonyl (C=O) groups excluding carboxylic acids is 3. The summed E-state index contributed by atoms with van der Waals surface area (Å²) in [5.41, 5.74) is 6.51. The molecule has 1 aliphatic carbocycles. The normalized spacial score (nSPS) is 17.7. The van der Waals surface area contributed by atoms with Gasteiger partial charge in [-0.3, -0.25) is 14.4 Å². The highest BCUT2D eigenvalue weighted by Crippen LogP contribution is 2.36. The van der Waals surface area contributed by atoms with Crippen LogP contribution in [0.1, 0.15) is 98.5 Å². The molecule has 3 N–H and O–H groups in total. The van der Waals surface area contributed by atoms with Crippen molar-refractivity contribution in [1.29, 1.82) is 0 Å². The number of nitrogens with two attached hydrogens (primary N) is 1. The van der Waals surface area contributed by atoms with Crippen LogP contribution >= 0.6 is 0 Å². The first-order chi connectivity index (χ1) is 19.2. The Morgan fingerprint density at radius 1 is 0.854 bits per heavy atom. The molecule has 41 heavy (non-hydrogen) atoms. The van der Waals surface area contributed by atoms with Crippen LogP contribution < -0.4 is 15.2 Å². The zero-order valence-corrected chi connectivity index (χ0v) is 25.4. The van der Waals surface area contributed by atoms with Crippen molar-refractivity contribution in [3.63, 3.8) is 0 Å². The summed E-state index contributed by atoms with van der Waals surface area (Å²) in [5, 5.41) is 9.75. The quantitative estimate of drug-likeness (QED) is 0.216. The van der Waals surface area contributed by atoms with Crippen molar-refractivity contribution in [3.8, 4) is 11.5 Å². The minimum absolute atomic E-state index is 0.00260. The average Bonchev–Trinajstić information content (AvgIpc) is 2.91. The van der Waals surface area contributed by atoms with Crippen LogP contribution in [-0.4, -0.2) is 47.4 Å². The predicted octanol–water partition coefficient (Wildman–Crippen LogP) is 5.84. The predicted molar refractivity (Wildman–Crippen MR) is 153 cm³/mol. The number of carboxylic acids is 1. The number of esters is 2. The minimum Gasteiger partial charge on any atom is -0.480 e. The zero-order chi connectivity index (χ0) is 30.9. The summed E-state index contributed by atoms with van der Waals surface area (Å²) >= 11 is 0. The Morgan fingerprint density at radius 3 is 1.90 bits per heavy atom. The first-order valence-corrected chi connectivity index (χ1v) is 14.6. The van der Waals surface area contributed by atoms with Crippen molar-refractivity contribution in [2.75, 3.05) is 0 Å². The fraction of sp³-hybridized carbons (Fsp3) is 0.677. The summed E-state index contributed by atoms with van der Waals surface area (Å²) < 4.78 is 22.2. The highest BCUT2D eigenvalue weighted by Gasteiger charge is 2.31. The van der Waals surface area contributed by atoms with Gasteiger partial charge >= 0.3 is 24.1 Å². The summed E-state index contributed by atoms with van der Waals surface area (Å²) in [6.07, 6.45) is 3.04. The van der Waals surface area contributed by atoms with Gasteiger partial charge in [-0.15, -0.1) is 0 Å². The van der Waals surface area contributed by atoms with Crippen LogP contribution in [0.5, 0.6) is 11.5 Å². The number of rotatable bonds is 13. The Labute approximate surface area is 243 Å². The molecule has 230 valence electrons. The monoisotopic (exact) mass is 577 g/mol. The first-order valence-electron chi connectivity index (χ1n) is 14.6. The molecule has 0 aromatic heterocycles. The fourth-order valence-corrected chi connectivity index (χ4v) is 4.45. The van der Waals surface area contributed by atoms with Crippen molar-refractivity contribution in [1.82, 2.24) is 0 Å². The summed E-state index contributed by atoms with van der Waals surface area (Å²) in [7, 11) is 0. The van der Waals surface area contributed by atoms with Gasteiger partial charge < -0.3 is 29.8 Å². The molecule has 0 amide bonds. The molecule has 1 aliphatic rings. The van der Waals surface area contributed by atoms with Crippen LogP contribution in [0.3, 0.4) is 0 Å². The number of hydrogen-bond acceptors (Lipinski definition) is 9. The molecule has 5 atom stereocenters. The van der Waals surface area contributed by atoms with E-state index in [2.05, 4.69) is 0 Å². The lowest BCUT2D eigenvalue weighted by molar-refractivity contribution is -0.142. The number of carboxylic acid groups (broad SMARTS) is 1. The van der Waals surface area contributed by atoms with E-state index < -0.39 is 54.0 Å². The van der Waals surface area contributed by atoms with Gasteiger partial charge in [0.2, 0.25) is 0 Å². The Kier molecular flexibility index (Phi) is 13.1. The van der Waals surface area contributed by atoms with Crippen LogP contribution in [0, 0.1) is 23.7 Å². The molecule has 0 spiro atoms. The van der Waals surface area contributed by atoms with Gasteiger partial charge in [0.05, 0.1) is 11.8 Å². The Bertz CT molecular complexity index is 1050. The third-order valence-electron chi connectivity index (χ3n) is 7.98. The average molecular weight is 578 g/mol. The smallest absolute Gasteiger partial charge is 0.480 e. The second-order valence-corrected chi connectivity index (χ2v) is 11.9. The summed E-state index contributed by atoms with van der Waals surface area (Å²) in [6, 6.07) is 3.15. The van der Waals surface area contributed by atoms with Crippen molar-refractivity contribution < 1.29 is 43.2 Å². The maximum Gasteiger partial charge on any atom is 0.508 e. The number of benzene rings is 1. The molecule has 10 nitrogen and oxygen atoms in total. The van der Waals surface area contributed by atoms with E-state index in [0.29, 0.717) is 5.56 Å². The fourth-order valence-electron chi connectivity index (χ4n) is 4.45. The Morgan fingerprint density at radius 2 is 1.39 bits per heavy atom. The molecule has 1 fully saturated rings. The summed E-state index contributed by atoms with van der Waals surface area (Å²) in [5.74, 6) is -3.90. The maximum atomic E-state index is 12.9. The van der Waals surface area contributed by atoms with Gasteiger partial charge in [0.25, 0.3) is 0 Å². The highest BCUT2D eigenvalue weighted by atomic mass is 16.7. The van der Waals surface area contributed by atoms with Crippen LogP contribution in [-0.2, 0) is 23.9 Å². The van der Waals surface area contributed by atoms with E-state index in [1.165, 1.54) is 12.1 Å². The molecular weight excluding hydrogens is 530 g/mol. The number of carbonyl (C=O) groups is 4. The third-order valence-corrected chi connectivity index (χ3v) is 7.98. The lowest BCUT2D eigenvalue weighted by Gasteiger charge is -2.26. The van der Waals surface area contributed by atoms with E-state index in [0.717, 1.165) is 32.1 Å². The van der Waals surface area contributed by atoms with E-state index in [1.54, 1.807) is 26.8 Å². The molecule has 1 saturated carbocycles. The second kappa shape index (κ2) is 15.7. The SMILES string of the molecule is CC(CC(c1ccc(OC(=O)C(C)C(C)C)c(OC(=O)C(C)C(C)C)c1)[C@H](N)C(=O)O)OC(=O)OC1CCCCC1. The lowest BCUT2D eigenvalue weighted by atomic mass is 9.87. The van der Waals surface area contributed by atoms with Crippen LogP contribution in [0.15, 0.2) is 18.2 Å². The van der Waals surface area contributed by atoms with Gasteiger partial charge in [-0.1, -0.05) is 54.0 Å². The van der Waals surface area contributed by atoms with Gasteiger partial charge in [-0.25, -0.2) is 4.79 Å². The third kappa shape index (κ3) is 10.3. The molecule has 0 saturated heterocycles. The number of hydrogen-bond donors (Lipinski definition) is 2. The van der Waals surface area contributed by atoms with Gasteiger partial charge in [0.15, 0.2) is 11.5 Å². The van der Waals surface area contributed by atoms with Crippen molar-refractivity contribution >= 4 is 24.1 Å². The van der Waals surface area contributed by atoms with Crippen LogP contribution in [0.2, 0.25) is 0 Å². The molecular formula is C31H47NO9. The Balaban J connectivity index is 2.34. The van der Waals surface area contributed by atoms with Crippen molar-refractivity contribution in [2.24, 2.45) is 29.4 Å². The van der Waals surface area contributed by atoms with Crippen molar-refractivity contribution in [2.45, 2.75) is 111 Å². The topological polar surface area (TPSA) is 151 Å². The van der Waals surface area contributed by atoms with Gasteiger partial charge in [-0.05, 0) is 68.6 Å². The minimum atomic E-state index is -1.36. The largest absolute Gasteiger partial charge is 0.508 e. The molecule has 1 aromatic carbocycles. The van der Waals surface area contributed by atoms with Crippen LogP contribution in [0.4, 0.5) is 4.79 Å². The van der Waals surface area contributed by atoms with Gasteiger partial charge in [0, 0.05) is 5.92 Å². The molecule has 0 aliphatic heterocycles. The molecule has 1 aromatic rings. The summed E-state index contributed by atoms with van der Waals surface area (Å²) in [4.78, 5) is 49.9.